The second-order valence-electron chi connectivity index (χ2n) is 8.91. The molecule has 3 atom stereocenters. The maximum atomic E-state index is 10.6. The van der Waals surface area contributed by atoms with Gasteiger partial charge in [-0.25, -0.2) is 14.4 Å². The predicted octanol–water partition coefficient (Wildman–Crippen LogP) is 4.33. The number of aromatic nitrogens is 2. The molecular weight excluding hydrogens is 641 g/mol. The van der Waals surface area contributed by atoms with Gasteiger partial charge in [0.1, 0.15) is 6.10 Å². The highest BCUT2D eigenvalue weighted by molar-refractivity contribution is 5.73. The third kappa shape index (κ3) is 15.0. The van der Waals surface area contributed by atoms with Crippen molar-refractivity contribution in [1.29, 1.82) is 0 Å². The first kappa shape index (κ1) is 39.0. The molecule has 0 radical (unpaired) electrons. The number of hydrogen-bond donors (Lipinski definition) is 3. The number of nitrogens with zero attached hydrogens (tertiary/aromatic N) is 3. The lowest BCUT2D eigenvalue weighted by atomic mass is 10.0. The van der Waals surface area contributed by atoms with Gasteiger partial charge < -0.3 is 24.8 Å². The molecule has 0 saturated carbocycles. The van der Waals surface area contributed by atoms with Gasteiger partial charge in [0.25, 0.3) is 0 Å². The summed E-state index contributed by atoms with van der Waals surface area (Å²) in [7, 11) is 0. The number of carbonyl (C=O) groups is 3. The fourth-order valence-electron chi connectivity index (χ4n) is 3.72. The van der Waals surface area contributed by atoms with E-state index in [0.29, 0.717) is 12.6 Å². The van der Waals surface area contributed by atoms with Crippen molar-refractivity contribution in [2.24, 2.45) is 0 Å². The first-order chi connectivity index (χ1) is 20.7. The van der Waals surface area contributed by atoms with E-state index in [9.17, 15) is 39.5 Å². The number of ether oxygens (including phenoxy) is 2. The molecule has 0 amide bonds. The van der Waals surface area contributed by atoms with E-state index in [4.69, 9.17) is 39.2 Å². The van der Waals surface area contributed by atoms with Crippen molar-refractivity contribution in [3.8, 4) is 0 Å². The zero-order valence-corrected chi connectivity index (χ0v) is 22.7. The molecule has 0 bridgehead atoms. The Labute approximate surface area is 248 Å². The van der Waals surface area contributed by atoms with Crippen LogP contribution in [0.5, 0.6) is 0 Å². The van der Waals surface area contributed by atoms with E-state index >= 15 is 0 Å². The zero-order chi connectivity index (χ0) is 34.4. The Bertz CT molecular complexity index is 1140. The Kier molecular flexibility index (Phi) is 15.1. The molecule has 45 heavy (non-hydrogen) atoms. The average molecular weight is 667 g/mol. The molecule has 2 aliphatic heterocycles. The molecule has 0 aliphatic carbocycles. The summed E-state index contributed by atoms with van der Waals surface area (Å²) >= 11 is 0. The van der Waals surface area contributed by atoms with E-state index in [2.05, 4.69) is 20.9 Å². The van der Waals surface area contributed by atoms with E-state index in [-0.39, 0.29) is 12.2 Å². The van der Waals surface area contributed by atoms with Crippen LogP contribution in [-0.4, -0.2) is 98.0 Å². The van der Waals surface area contributed by atoms with Crippen molar-refractivity contribution in [3.05, 3.63) is 60.2 Å². The molecule has 4 rings (SSSR count). The second-order valence-corrected chi connectivity index (χ2v) is 8.91. The molecular formula is C25H26F9N3O8. The largest absolute Gasteiger partial charge is 0.490 e. The first-order valence-corrected chi connectivity index (χ1v) is 12.4. The molecule has 252 valence electrons. The molecule has 3 N–H and O–H groups in total. The van der Waals surface area contributed by atoms with Crippen LogP contribution >= 0.6 is 0 Å². The minimum Gasteiger partial charge on any atom is -0.475 e. The quantitative estimate of drug-likeness (QED) is 0.390. The molecule has 0 unspecified atom stereocenters. The SMILES string of the molecule is O=C(O)C(F)(F)F.O=C(O)C(F)(F)F.O=C(O)C(F)(F)F.c1ccc(CN2C[C@@H](OCc3cccnc3)[C@H]3OCCC[C@@H]32)nc1. The molecule has 11 nitrogen and oxygen atoms in total. The molecule has 2 aliphatic rings. The van der Waals surface area contributed by atoms with E-state index < -0.39 is 36.4 Å². The minimum absolute atomic E-state index is 0.110. The fourth-order valence-corrected chi connectivity index (χ4v) is 3.72. The highest BCUT2D eigenvalue weighted by Crippen LogP contribution is 2.32. The highest BCUT2D eigenvalue weighted by atomic mass is 19.4. The lowest BCUT2D eigenvalue weighted by Gasteiger charge is -2.32. The smallest absolute Gasteiger partial charge is 0.475 e. The number of hydrogen-bond acceptors (Lipinski definition) is 8. The van der Waals surface area contributed by atoms with Gasteiger partial charge in [0, 0.05) is 44.3 Å². The second kappa shape index (κ2) is 17.4. The third-order valence-electron chi connectivity index (χ3n) is 5.59. The standard InChI is InChI=1S/C19H23N3O2.3C2HF3O2/c1-2-9-21-16(6-1)12-22-13-18(19-17(22)7-4-10-23-19)24-14-15-5-3-8-20-11-15;3*3-2(4,5)1(6)7/h1-3,5-6,8-9,11,17-19H,4,7,10,12-14H2;3*(H,6,7)/t17-,18+,19-;;;/m0.../s1. The Hall–Kier alpha value is -4.04. The van der Waals surface area contributed by atoms with Gasteiger partial charge in [-0.3, -0.25) is 14.9 Å². The average Bonchev–Trinajstić information content (AvgIpc) is 3.29. The monoisotopic (exact) mass is 667 g/mol. The van der Waals surface area contributed by atoms with Gasteiger partial charge in [-0.1, -0.05) is 12.1 Å². The van der Waals surface area contributed by atoms with Gasteiger partial charge in [-0.15, -0.1) is 0 Å². The van der Waals surface area contributed by atoms with Crippen LogP contribution in [0.2, 0.25) is 0 Å². The van der Waals surface area contributed by atoms with Crippen LogP contribution in [0.25, 0.3) is 0 Å². The molecule has 2 saturated heterocycles. The van der Waals surface area contributed by atoms with E-state index in [0.717, 1.165) is 37.4 Å². The first-order valence-electron chi connectivity index (χ1n) is 12.4. The Morgan fingerprint density at radius 3 is 1.87 bits per heavy atom. The number of carboxylic acid groups (broad SMARTS) is 3. The van der Waals surface area contributed by atoms with Gasteiger partial charge >= 0.3 is 36.4 Å². The van der Waals surface area contributed by atoms with Gasteiger partial charge in [0.05, 0.1) is 18.4 Å². The van der Waals surface area contributed by atoms with Crippen molar-refractivity contribution in [3.63, 3.8) is 0 Å². The lowest BCUT2D eigenvalue weighted by molar-refractivity contribution is -0.193. The van der Waals surface area contributed by atoms with Gasteiger partial charge in [0.2, 0.25) is 0 Å². The van der Waals surface area contributed by atoms with Gasteiger partial charge in [-0.2, -0.15) is 39.5 Å². The third-order valence-corrected chi connectivity index (χ3v) is 5.59. The number of aliphatic carboxylic acids is 3. The van der Waals surface area contributed by atoms with Gasteiger partial charge in [-0.05, 0) is 36.6 Å². The molecule has 2 aromatic heterocycles. The highest BCUT2D eigenvalue weighted by Gasteiger charge is 2.44. The number of carboxylic acids is 3. The summed E-state index contributed by atoms with van der Waals surface area (Å²) in [5.74, 6) is -8.27. The summed E-state index contributed by atoms with van der Waals surface area (Å²) < 4.78 is 107. The zero-order valence-electron chi connectivity index (χ0n) is 22.7. The Balaban J connectivity index is 0.000000396. The van der Waals surface area contributed by atoms with Crippen LogP contribution in [0.1, 0.15) is 24.1 Å². The molecule has 0 aromatic carbocycles. The summed E-state index contributed by atoms with van der Waals surface area (Å²) in [6.07, 6.45) is -7.18. The normalized spacial score (nSPS) is 19.7. The topological polar surface area (TPSA) is 159 Å². The molecule has 2 fully saturated rings. The van der Waals surface area contributed by atoms with Crippen LogP contribution in [0.4, 0.5) is 39.5 Å². The van der Waals surface area contributed by atoms with Gasteiger partial charge in [0.15, 0.2) is 0 Å². The summed E-state index contributed by atoms with van der Waals surface area (Å²) in [5.41, 5.74) is 2.21. The van der Waals surface area contributed by atoms with Crippen molar-refractivity contribution >= 4 is 17.9 Å². The summed E-state index contributed by atoms with van der Waals surface area (Å²) in [4.78, 5) is 37.8. The Morgan fingerprint density at radius 1 is 0.867 bits per heavy atom. The molecule has 4 heterocycles. The van der Waals surface area contributed by atoms with Crippen LogP contribution in [0, 0.1) is 0 Å². The number of alkyl halides is 9. The van der Waals surface area contributed by atoms with Crippen LogP contribution in [-0.2, 0) is 37.0 Å². The van der Waals surface area contributed by atoms with Crippen LogP contribution < -0.4 is 0 Å². The number of rotatable bonds is 5. The molecule has 20 heteroatoms. The van der Waals surface area contributed by atoms with E-state index in [1.807, 2.05) is 36.7 Å². The fraction of sp³-hybridized carbons (Fsp3) is 0.480. The minimum atomic E-state index is -5.08. The van der Waals surface area contributed by atoms with Crippen molar-refractivity contribution in [2.45, 2.75) is 62.8 Å². The summed E-state index contributed by atoms with van der Waals surface area (Å²) in [6.45, 7) is 3.18. The maximum Gasteiger partial charge on any atom is 0.490 e. The number of pyridine rings is 2. The predicted molar refractivity (Wildman–Crippen MR) is 131 cm³/mol. The van der Waals surface area contributed by atoms with Crippen molar-refractivity contribution < 1.29 is 78.7 Å². The number of likely N-dealkylation sites (tertiary alicyclic amines) is 1. The van der Waals surface area contributed by atoms with Crippen LogP contribution in [0.15, 0.2) is 48.9 Å². The number of fused-ring (bicyclic) bond motifs is 1. The summed E-state index contributed by atoms with van der Waals surface area (Å²) in [6, 6.07) is 10.5. The molecule has 2 aromatic rings. The molecule has 0 spiro atoms. The maximum absolute atomic E-state index is 10.6. The number of halogens is 9. The van der Waals surface area contributed by atoms with Crippen LogP contribution in [0.3, 0.4) is 0 Å². The summed E-state index contributed by atoms with van der Waals surface area (Å²) in [5, 5.41) is 21.4. The Morgan fingerprint density at radius 2 is 1.42 bits per heavy atom. The van der Waals surface area contributed by atoms with E-state index in [1.54, 1.807) is 6.20 Å². The lowest BCUT2D eigenvalue weighted by Crippen LogP contribution is -2.41. The van der Waals surface area contributed by atoms with Crippen molar-refractivity contribution in [2.75, 3.05) is 13.2 Å². The van der Waals surface area contributed by atoms with E-state index in [1.165, 1.54) is 6.42 Å². The van der Waals surface area contributed by atoms with Crippen molar-refractivity contribution in [1.82, 2.24) is 14.9 Å².